The highest BCUT2D eigenvalue weighted by Crippen LogP contribution is 2.61. The first-order valence-corrected chi connectivity index (χ1v) is 20.7. The largest absolute Gasteiger partial charge is 0.726 e. The van der Waals surface area contributed by atoms with Crippen LogP contribution in [0.4, 0.5) is 0 Å². The number of unbranched alkanes of at least 4 members (excludes halogenated alkanes) is 20. The molecule has 0 aromatic rings. The van der Waals surface area contributed by atoms with E-state index in [1.165, 1.54) is 128 Å². The molecule has 1 N–H and O–H groups in total. The van der Waals surface area contributed by atoms with Gasteiger partial charge in [0, 0.05) is 7.26 Å². The van der Waals surface area contributed by atoms with Gasteiger partial charge in [-0.1, -0.05) is 130 Å². The quantitative estimate of drug-likeness (QED) is 0.0432. The van der Waals surface area contributed by atoms with Gasteiger partial charge in [0.05, 0.1) is 24.6 Å². The van der Waals surface area contributed by atoms with Gasteiger partial charge in [-0.15, -0.1) is 0 Å². The fourth-order valence-corrected chi connectivity index (χ4v) is 10.5. The molecule has 0 atom stereocenters. The van der Waals surface area contributed by atoms with Crippen molar-refractivity contribution >= 4 is 17.7 Å². The SMILES string of the molecule is CCCCCCCCCCCCCC[P+](CCCCCC)(CCCCCC)CCCCCC.O=S(=O)([O-])O. The van der Waals surface area contributed by atoms with Crippen molar-refractivity contribution in [2.75, 3.05) is 24.6 Å². The Bertz CT molecular complexity index is 514. The molecule has 0 aromatic carbocycles. The maximum Gasteiger partial charge on any atom is 0.215 e. The van der Waals surface area contributed by atoms with Gasteiger partial charge >= 0.3 is 0 Å². The molecule has 38 heavy (non-hydrogen) atoms. The van der Waals surface area contributed by atoms with Crippen molar-refractivity contribution in [3.63, 3.8) is 0 Å². The summed E-state index contributed by atoms with van der Waals surface area (Å²) >= 11 is 0. The normalized spacial score (nSPS) is 11.9. The van der Waals surface area contributed by atoms with Crippen molar-refractivity contribution in [1.82, 2.24) is 0 Å². The van der Waals surface area contributed by atoms with Gasteiger partial charge in [-0.2, -0.15) is 0 Å². The maximum absolute atomic E-state index is 8.63. The summed E-state index contributed by atoms with van der Waals surface area (Å²) in [6.45, 7) is 9.41. The first-order chi connectivity index (χ1) is 18.2. The van der Waals surface area contributed by atoms with Crippen molar-refractivity contribution < 1.29 is 17.5 Å². The van der Waals surface area contributed by atoms with E-state index in [0.717, 1.165) is 0 Å². The molecule has 0 aliphatic rings. The molecule has 0 aliphatic carbocycles. The number of hydrogen-bond acceptors (Lipinski definition) is 3. The molecule has 0 aromatic heterocycles. The predicted octanol–water partition coefficient (Wildman–Crippen LogP) is 11.5. The van der Waals surface area contributed by atoms with Crippen LogP contribution < -0.4 is 0 Å². The maximum atomic E-state index is 8.63. The summed E-state index contributed by atoms with van der Waals surface area (Å²) < 4.78 is 32.8. The minimum absolute atomic E-state index is 0.697. The summed E-state index contributed by atoms with van der Waals surface area (Å²) in [6, 6.07) is 0. The Morgan fingerprint density at radius 2 is 0.579 bits per heavy atom. The van der Waals surface area contributed by atoms with Crippen LogP contribution in [0.2, 0.25) is 0 Å². The van der Waals surface area contributed by atoms with E-state index in [4.69, 9.17) is 17.5 Å². The third kappa shape index (κ3) is 34.3. The van der Waals surface area contributed by atoms with Gasteiger partial charge in [-0.05, 0) is 51.4 Å². The molecule has 232 valence electrons. The van der Waals surface area contributed by atoms with Crippen LogP contribution in [-0.2, 0) is 10.4 Å². The highest BCUT2D eigenvalue weighted by molar-refractivity contribution is 7.79. The highest BCUT2D eigenvalue weighted by Gasteiger charge is 2.34. The molecule has 4 nitrogen and oxygen atoms in total. The third-order valence-corrected chi connectivity index (χ3v) is 13.0. The lowest BCUT2D eigenvalue weighted by Crippen LogP contribution is -2.13. The lowest BCUT2D eigenvalue weighted by atomic mass is 10.1. The zero-order chi connectivity index (χ0) is 28.8. The van der Waals surface area contributed by atoms with Gasteiger partial charge in [0.25, 0.3) is 0 Å². The van der Waals surface area contributed by atoms with E-state index in [1.54, 1.807) is 50.3 Å². The predicted molar refractivity (Wildman–Crippen MR) is 172 cm³/mol. The van der Waals surface area contributed by atoms with E-state index in [0.29, 0.717) is 0 Å². The van der Waals surface area contributed by atoms with E-state index in [2.05, 4.69) is 27.7 Å². The van der Waals surface area contributed by atoms with Crippen LogP contribution in [0.1, 0.15) is 182 Å². The Kier molecular flexibility index (Phi) is 32.2. The Labute approximate surface area is 241 Å². The van der Waals surface area contributed by atoms with Crippen LogP contribution in [0.15, 0.2) is 0 Å². The van der Waals surface area contributed by atoms with Crippen molar-refractivity contribution in [1.29, 1.82) is 0 Å². The van der Waals surface area contributed by atoms with Gasteiger partial charge in [0.2, 0.25) is 10.4 Å². The molecule has 0 radical (unpaired) electrons. The molecule has 0 heterocycles. The van der Waals surface area contributed by atoms with Crippen LogP contribution in [0.5, 0.6) is 0 Å². The van der Waals surface area contributed by atoms with Crippen LogP contribution in [-0.4, -0.2) is 42.2 Å². The Hall–Kier alpha value is 0.300. The molecule has 0 amide bonds. The molecular weight excluding hydrogens is 511 g/mol. The molecule has 0 unspecified atom stereocenters. The number of hydrogen-bond donors (Lipinski definition) is 1. The molecule has 6 heteroatoms. The fraction of sp³-hybridized carbons (Fsp3) is 1.00. The smallest absolute Gasteiger partial charge is 0.215 e. The minimum atomic E-state index is -4.92. The molecule has 0 aliphatic heterocycles. The second-order valence-electron chi connectivity index (χ2n) is 11.7. The van der Waals surface area contributed by atoms with E-state index < -0.39 is 17.7 Å². The number of rotatable bonds is 28. The average Bonchev–Trinajstić information content (AvgIpc) is 2.87. The lowest BCUT2D eigenvalue weighted by Gasteiger charge is -2.28. The summed E-state index contributed by atoms with van der Waals surface area (Å²) in [5, 5.41) is 0. The summed E-state index contributed by atoms with van der Waals surface area (Å²) in [7, 11) is -5.61. The van der Waals surface area contributed by atoms with Crippen LogP contribution in [0.25, 0.3) is 0 Å². The summed E-state index contributed by atoms with van der Waals surface area (Å²) in [4.78, 5) is 0. The fourth-order valence-electron chi connectivity index (χ4n) is 5.58. The van der Waals surface area contributed by atoms with Crippen molar-refractivity contribution in [3.8, 4) is 0 Å². The molecule has 0 spiro atoms. The Morgan fingerprint density at radius 1 is 0.421 bits per heavy atom. The first-order valence-electron chi connectivity index (χ1n) is 16.8. The molecule has 0 rings (SSSR count). The monoisotopic (exact) mass is 580 g/mol. The van der Waals surface area contributed by atoms with E-state index in [9.17, 15) is 0 Å². The van der Waals surface area contributed by atoms with E-state index in [1.807, 2.05) is 0 Å². The summed E-state index contributed by atoms with van der Waals surface area (Å²) in [5.41, 5.74) is 0. The van der Waals surface area contributed by atoms with Crippen molar-refractivity contribution in [2.45, 2.75) is 182 Å². The summed E-state index contributed by atoms with van der Waals surface area (Å²) in [6.07, 6.45) is 42.1. The summed E-state index contributed by atoms with van der Waals surface area (Å²) in [5.74, 6) is 0. The molecule has 0 saturated heterocycles. The zero-order valence-corrected chi connectivity index (χ0v) is 28.0. The van der Waals surface area contributed by atoms with Crippen molar-refractivity contribution in [2.24, 2.45) is 0 Å². The topological polar surface area (TPSA) is 77.4 Å². The Morgan fingerprint density at radius 3 is 0.789 bits per heavy atom. The lowest BCUT2D eigenvalue weighted by molar-refractivity contribution is 0.366. The molecular formula is C32H69O4PS. The van der Waals surface area contributed by atoms with Gasteiger partial charge in [0.1, 0.15) is 0 Å². The highest BCUT2D eigenvalue weighted by atomic mass is 32.3. The van der Waals surface area contributed by atoms with Crippen LogP contribution in [0, 0.1) is 0 Å². The standard InChI is InChI=1S/C32H68P.H2O4S/c1-5-9-13-17-18-19-20-21-22-23-24-28-32-33(29-25-14-10-6-2,30-26-15-11-7-3)31-27-16-12-8-4;1-5(2,3)4/h5-32H2,1-4H3;(H2,1,2,3,4)/q+1;/p-1. The van der Waals surface area contributed by atoms with Gasteiger partial charge in [0.15, 0.2) is 0 Å². The van der Waals surface area contributed by atoms with Crippen molar-refractivity contribution in [3.05, 3.63) is 0 Å². The molecule has 0 fully saturated rings. The van der Waals surface area contributed by atoms with Gasteiger partial charge in [-0.25, -0.2) is 8.42 Å². The molecule has 0 bridgehead atoms. The average molecular weight is 581 g/mol. The second kappa shape index (κ2) is 30.3. The zero-order valence-electron chi connectivity index (χ0n) is 26.3. The van der Waals surface area contributed by atoms with Gasteiger partial charge in [-0.3, -0.25) is 4.55 Å². The minimum Gasteiger partial charge on any atom is -0.726 e. The van der Waals surface area contributed by atoms with E-state index >= 15 is 0 Å². The van der Waals surface area contributed by atoms with E-state index in [-0.39, 0.29) is 0 Å². The third-order valence-electron chi connectivity index (χ3n) is 7.94. The molecule has 0 saturated carbocycles. The van der Waals surface area contributed by atoms with Gasteiger partial charge < -0.3 is 4.55 Å². The second-order valence-corrected chi connectivity index (χ2v) is 17.1. The first kappa shape index (κ1) is 40.4. The Balaban J connectivity index is 0. The van der Waals surface area contributed by atoms with Crippen LogP contribution in [0.3, 0.4) is 0 Å². The van der Waals surface area contributed by atoms with Crippen LogP contribution >= 0.6 is 7.26 Å².